The summed E-state index contributed by atoms with van der Waals surface area (Å²) in [6, 6.07) is 7.39. The van der Waals surface area contributed by atoms with E-state index in [9.17, 15) is 14.4 Å². The van der Waals surface area contributed by atoms with Crippen LogP contribution in [-0.4, -0.2) is 38.1 Å². The molecule has 8 nitrogen and oxygen atoms in total. The molecule has 3 aromatic rings. The van der Waals surface area contributed by atoms with Gasteiger partial charge in [0.25, 0.3) is 5.91 Å². The van der Waals surface area contributed by atoms with Crippen LogP contribution in [0.25, 0.3) is 5.65 Å². The Hall–Kier alpha value is -3.07. The molecule has 0 unspecified atom stereocenters. The van der Waals surface area contributed by atoms with Crippen molar-refractivity contribution in [2.45, 2.75) is 23.8 Å². The fourth-order valence-corrected chi connectivity index (χ4v) is 3.74. The molecule has 0 atom stereocenters. The van der Waals surface area contributed by atoms with Gasteiger partial charge in [-0.2, -0.15) is 0 Å². The Balaban J connectivity index is 2.03. The molecule has 134 valence electrons. The van der Waals surface area contributed by atoms with Crippen molar-refractivity contribution in [2.75, 3.05) is 6.54 Å². The molecule has 26 heavy (non-hydrogen) atoms. The van der Waals surface area contributed by atoms with Crippen LogP contribution in [0.5, 0.6) is 0 Å². The van der Waals surface area contributed by atoms with E-state index in [1.54, 1.807) is 0 Å². The van der Waals surface area contributed by atoms with Crippen LogP contribution in [0.15, 0.2) is 45.3 Å². The van der Waals surface area contributed by atoms with E-state index >= 15 is 0 Å². The van der Waals surface area contributed by atoms with Gasteiger partial charge in [0.15, 0.2) is 11.1 Å². The number of carbonyl (C=O) groups excluding carboxylic acids is 1. The van der Waals surface area contributed by atoms with Gasteiger partial charge in [-0.1, -0.05) is 17.8 Å². The Morgan fingerprint density at radius 1 is 1.23 bits per heavy atom. The third-order valence-corrected chi connectivity index (χ3v) is 4.56. The molecule has 0 saturated carbocycles. The van der Waals surface area contributed by atoms with Gasteiger partial charge in [0.2, 0.25) is 0 Å². The van der Waals surface area contributed by atoms with E-state index in [0.717, 1.165) is 16.0 Å². The molecule has 0 radical (unpaired) electrons. The van der Waals surface area contributed by atoms with Crippen molar-refractivity contribution in [1.29, 1.82) is 0 Å². The molecule has 3 N–H and O–H groups in total. The smallest absolute Gasteiger partial charge is 0.322 e. The number of carboxylic acids is 1. The molecule has 9 heteroatoms. The van der Waals surface area contributed by atoms with Gasteiger partial charge in [-0.3, -0.25) is 19.5 Å². The van der Waals surface area contributed by atoms with Crippen LogP contribution in [-0.2, 0) is 4.79 Å². The lowest BCUT2D eigenvalue weighted by atomic mass is 10.2. The zero-order valence-electron chi connectivity index (χ0n) is 14.1. The van der Waals surface area contributed by atoms with Crippen molar-refractivity contribution in [1.82, 2.24) is 19.9 Å². The maximum absolute atomic E-state index is 12.5. The summed E-state index contributed by atoms with van der Waals surface area (Å²) in [6.07, 6.45) is 1.37. The second-order valence-electron chi connectivity index (χ2n) is 5.77. The zero-order chi connectivity index (χ0) is 18.8. The average molecular weight is 372 g/mol. The van der Waals surface area contributed by atoms with Crippen molar-refractivity contribution in [3.63, 3.8) is 0 Å². The van der Waals surface area contributed by atoms with Crippen LogP contribution in [0, 0.1) is 13.8 Å². The van der Waals surface area contributed by atoms with Gasteiger partial charge in [0.1, 0.15) is 23.5 Å². The van der Waals surface area contributed by atoms with Gasteiger partial charge < -0.3 is 10.4 Å². The van der Waals surface area contributed by atoms with E-state index in [0.29, 0.717) is 5.03 Å². The van der Waals surface area contributed by atoms with Gasteiger partial charge in [0, 0.05) is 11.0 Å². The number of nitrogens with zero attached hydrogens (tertiary/aromatic N) is 2. The van der Waals surface area contributed by atoms with E-state index in [-0.39, 0.29) is 11.2 Å². The van der Waals surface area contributed by atoms with E-state index in [2.05, 4.69) is 21.5 Å². The molecular formula is C17H16N4O4S. The highest BCUT2D eigenvalue weighted by molar-refractivity contribution is 7.99. The summed E-state index contributed by atoms with van der Waals surface area (Å²) in [4.78, 5) is 40.3. The number of nitrogens with one attached hydrogen (secondary N) is 2. The quantitative estimate of drug-likeness (QED) is 0.626. The van der Waals surface area contributed by atoms with Crippen LogP contribution < -0.4 is 10.7 Å². The number of pyridine rings is 1. The molecule has 0 aliphatic heterocycles. The Morgan fingerprint density at radius 2 is 1.92 bits per heavy atom. The summed E-state index contributed by atoms with van der Waals surface area (Å²) in [5, 5.41) is 14.3. The number of rotatable bonds is 5. The minimum Gasteiger partial charge on any atom is -0.480 e. The first kappa shape index (κ1) is 17.7. The number of carbonyl (C=O) groups is 2. The predicted molar refractivity (Wildman–Crippen MR) is 95.8 cm³/mol. The molecule has 0 aliphatic carbocycles. The topological polar surface area (TPSA) is 117 Å². The fraction of sp³-hybridized carbons (Fsp3) is 0.176. The van der Waals surface area contributed by atoms with Crippen LogP contribution in [0.1, 0.15) is 21.5 Å². The maximum atomic E-state index is 12.5. The second-order valence-corrected chi connectivity index (χ2v) is 6.86. The van der Waals surface area contributed by atoms with Crippen molar-refractivity contribution in [2.24, 2.45) is 0 Å². The molecule has 1 aromatic carbocycles. The SMILES string of the molecule is Cc1cc(C)cc(Sc2cc(=O)c(C(=O)NCC(=O)O)c3nc[nH]n23)c1. The summed E-state index contributed by atoms with van der Waals surface area (Å²) in [5.41, 5.74) is 1.63. The first-order chi connectivity index (χ1) is 12.3. The second kappa shape index (κ2) is 7.04. The number of aryl methyl sites for hydroxylation is 2. The maximum Gasteiger partial charge on any atom is 0.322 e. The molecule has 0 fully saturated rings. The number of aromatic amines is 1. The number of H-pyrrole nitrogens is 1. The number of hydrogen-bond donors (Lipinski definition) is 3. The summed E-state index contributed by atoms with van der Waals surface area (Å²) >= 11 is 1.37. The Labute approximate surface area is 152 Å². The van der Waals surface area contributed by atoms with Gasteiger partial charge in [-0.25, -0.2) is 9.50 Å². The normalized spacial score (nSPS) is 10.8. The standard InChI is InChI=1S/C17H16N4O4S/c1-9-3-10(2)5-11(4-9)26-13-6-12(22)15(16-19-8-20-21(13)16)17(25)18-7-14(23)24/h3-6,8H,7H2,1-2H3,(H,18,25)(H,19,20)(H,23,24). The number of aliphatic carboxylic acids is 1. The van der Waals surface area contributed by atoms with Crippen molar-refractivity contribution >= 4 is 29.3 Å². The van der Waals surface area contributed by atoms with E-state index in [1.165, 1.54) is 28.7 Å². The number of aromatic nitrogens is 3. The minimum atomic E-state index is -1.20. The molecule has 0 saturated heterocycles. The first-order valence-electron chi connectivity index (χ1n) is 7.70. The van der Waals surface area contributed by atoms with Gasteiger partial charge in [0.05, 0.1) is 0 Å². The number of hydrogen-bond acceptors (Lipinski definition) is 5. The van der Waals surface area contributed by atoms with Gasteiger partial charge >= 0.3 is 5.97 Å². The molecule has 0 aliphatic rings. The third-order valence-electron chi connectivity index (χ3n) is 3.58. The minimum absolute atomic E-state index is 0.146. The van der Waals surface area contributed by atoms with Crippen LogP contribution in [0.4, 0.5) is 0 Å². The molecule has 2 heterocycles. The van der Waals surface area contributed by atoms with Crippen LogP contribution in [0.3, 0.4) is 0 Å². The van der Waals surface area contributed by atoms with Gasteiger partial charge in [-0.05, 0) is 37.1 Å². The van der Waals surface area contributed by atoms with Gasteiger partial charge in [-0.15, -0.1) is 0 Å². The third kappa shape index (κ3) is 3.62. The predicted octanol–water partition coefficient (Wildman–Crippen LogP) is 1.61. The highest BCUT2D eigenvalue weighted by Gasteiger charge is 2.20. The van der Waals surface area contributed by atoms with Crippen molar-refractivity contribution < 1.29 is 14.7 Å². The lowest BCUT2D eigenvalue weighted by Crippen LogP contribution is -2.33. The van der Waals surface area contributed by atoms with Crippen molar-refractivity contribution in [3.8, 4) is 0 Å². The number of benzene rings is 1. The number of carboxylic acid groups (broad SMARTS) is 1. The molecule has 0 spiro atoms. The highest BCUT2D eigenvalue weighted by Crippen LogP contribution is 2.28. The molecule has 0 bridgehead atoms. The molecular weight excluding hydrogens is 356 g/mol. The average Bonchev–Trinajstić information content (AvgIpc) is 3.01. The lowest BCUT2D eigenvalue weighted by Gasteiger charge is -2.09. The Bertz CT molecular complexity index is 1050. The van der Waals surface area contributed by atoms with Crippen LogP contribution >= 0.6 is 11.8 Å². The summed E-state index contributed by atoms with van der Waals surface area (Å²) in [5.74, 6) is -1.97. The zero-order valence-corrected chi connectivity index (χ0v) is 14.9. The summed E-state index contributed by atoms with van der Waals surface area (Å²) in [7, 11) is 0. The van der Waals surface area contributed by atoms with Crippen molar-refractivity contribution in [3.05, 3.63) is 57.5 Å². The highest BCUT2D eigenvalue weighted by atomic mass is 32.2. The molecule has 1 amide bonds. The number of amides is 1. The summed E-state index contributed by atoms with van der Waals surface area (Å²) < 4.78 is 1.53. The Morgan fingerprint density at radius 3 is 2.58 bits per heavy atom. The Kier molecular flexibility index (Phi) is 4.81. The van der Waals surface area contributed by atoms with Crippen LogP contribution in [0.2, 0.25) is 0 Å². The fourth-order valence-electron chi connectivity index (χ4n) is 2.62. The first-order valence-corrected chi connectivity index (χ1v) is 8.52. The van der Waals surface area contributed by atoms with E-state index in [4.69, 9.17) is 5.11 Å². The van der Waals surface area contributed by atoms with E-state index in [1.807, 2.05) is 26.0 Å². The number of fused-ring (bicyclic) bond motifs is 1. The molecule has 2 aromatic heterocycles. The largest absolute Gasteiger partial charge is 0.480 e. The van der Waals surface area contributed by atoms with E-state index < -0.39 is 23.9 Å². The monoisotopic (exact) mass is 372 g/mol. The molecule has 3 rings (SSSR count). The summed E-state index contributed by atoms with van der Waals surface area (Å²) in [6.45, 7) is 3.41. The lowest BCUT2D eigenvalue weighted by molar-refractivity contribution is -0.135.